The molecule has 0 spiro atoms. The number of carbonyl (C=O) groups excluding carboxylic acids is 1. The van der Waals surface area contributed by atoms with Crippen LogP contribution >= 0.6 is 12.4 Å². The number of anilines is 1. The Morgan fingerprint density at radius 2 is 1.83 bits per heavy atom. The molecule has 0 radical (unpaired) electrons. The lowest BCUT2D eigenvalue weighted by molar-refractivity contribution is -0.170. The number of halogens is 5. The van der Waals surface area contributed by atoms with Gasteiger partial charge in [0, 0.05) is 17.8 Å². The van der Waals surface area contributed by atoms with Gasteiger partial charge in [0.15, 0.2) is 11.6 Å². The van der Waals surface area contributed by atoms with Gasteiger partial charge in [-0.2, -0.15) is 13.2 Å². The molecule has 36 heavy (non-hydrogen) atoms. The molecule has 1 amide bonds. The first-order chi connectivity index (χ1) is 16.6. The number of methoxy groups -OCH3 is 1. The molecule has 4 rings (SSSR count). The van der Waals surface area contributed by atoms with Crippen LogP contribution in [0.15, 0.2) is 54.9 Å². The van der Waals surface area contributed by atoms with Gasteiger partial charge in [-0.05, 0) is 55.2 Å². The molecule has 2 aromatic carbocycles. The molecule has 0 bridgehead atoms. The van der Waals surface area contributed by atoms with Gasteiger partial charge in [-0.25, -0.2) is 14.4 Å². The van der Waals surface area contributed by atoms with E-state index >= 15 is 0 Å². The number of hydrogen-bond acceptors (Lipinski definition) is 5. The number of aryl methyl sites for hydroxylation is 1. The van der Waals surface area contributed by atoms with Crippen LogP contribution in [0.2, 0.25) is 0 Å². The summed E-state index contributed by atoms with van der Waals surface area (Å²) in [5, 5.41) is 5.62. The number of rotatable bonds is 6. The van der Waals surface area contributed by atoms with Gasteiger partial charge in [0.25, 0.3) is 0 Å². The van der Waals surface area contributed by atoms with Crippen LogP contribution in [0.1, 0.15) is 17.5 Å². The Bertz CT molecular complexity index is 1210. The van der Waals surface area contributed by atoms with Crippen molar-refractivity contribution in [2.24, 2.45) is 5.92 Å². The van der Waals surface area contributed by atoms with E-state index in [0.717, 1.165) is 18.0 Å². The lowest BCUT2D eigenvalue weighted by Gasteiger charge is -2.29. The minimum atomic E-state index is -4.42. The van der Waals surface area contributed by atoms with Crippen molar-refractivity contribution in [2.75, 3.05) is 19.0 Å². The Morgan fingerprint density at radius 1 is 1.17 bits per heavy atom. The Balaban J connectivity index is 0.00000361. The average molecular weight is 525 g/mol. The van der Waals surface area contributed by atoms with Crippen LogP contribution in [0, 0.1) is 18.7 Å². The number of nitrogens with zero attached hydrogens (tertiary/aromatic N) is 2. The zero-order chi connectivity index (χ0) is 25.2. The van der Waals surface area contributed by atoms with Crippen LogP contribution in [0.3, 0.4) is 0 Å². The molecule has 1 fully saturated rings. The maximum absolute atomic E-state index is 13.5. The molecule has 6 nitrogen and oxygen atoms in total. The lowest BCUT2D eigenvalue weighted by Crippen LogP contribution is -2.52. The van der Waals surface area contributed by atoms with Gasteiger partial charge >= 0.3 is 6.18 Å². The van der Waals surface area contributed by atoms with Crippen molar-refractivity contribution >= 4 is 24.0 Å². The summed E-state index contributed by atoms with van der Waals surface area (Å²) < 4.78 is 58.9. The molecule has 1 aliphatic rings. The van der Waals surface area contributed by atoms with Crippen molar-refractivity contribution in [1.29, 1.82) is 0 Å². The fraction of sp³-hybridized carbons (Fsp3) is 0.320. The first-order valence-corrected chi connectivity index (χ1v) is 10.9. The lowest BCUT2D eigenvalue weighted by atomic mass is 9.85. The zero-order valence-electron chi connectivity index (χ0n) is 19.5. The molecule has 192 valence electrons. The van der Waals surface area contributed by atoms with Gasteiger partial charge < -0.3 is 15.4 Å². The number of ether oxygens (including phenoxy) is 1. The van der Waals surface area contributed by atoms with Gasteiger partial charge in [-0.3, -0.25) is 4.79 Å². The van der Waals surface area contributed by atoms with E-state index in [0.29, 0.717) is 22.6 Å². The summed E-state index contributed by atoms with van der Waals surface area (Å²) in [5.41, 5.74) is 0.959. The second-order valence-electron chi connectivity index (χ2n) is 8.64. The number of hydrogen-bond donors (Lipinski definition) is 2. The van der Waals surface area contributed by atoms with Crippen molar-refractivity contribution in [3.63, 3.8) is 0 Å². The molecule has 0 aliphatic carbocycles. The number of nitrogens with one attached hydrogen (secondary N) is 2. The number of benzene rings is 2. The number of alkyl halides is 3. The smallest absolute Gasteiger partial charge is 0.393 e. The molecule has 2 heterocycles. The van der Waals surface area contributed by atoms with Gasteiger partial charge in [-0.1, -0.05) is 18.2 Å². The third-order valence-electron chi connectivity index (χ3n) is 6.20. The zero-order valence-corrected chi connectivity index (χ0v) is 20.3. The molecule has 2 N–H and O–H groups in total. The van der Waals surface area contributed by atoms with Gasteiger partial charge in [0.05, 0.1) is 25.4 Å². The first kappa shape index (κ1) is 27.3. The Labute approximate surface area is 211 Å². The van der Waals surface area contributed by atoms with E-state index in [9.17, 15) is 22.4 Å². The topological polar surface area (TPSA) is 76.1 Å². The van der Waals surface area contributed by atoms with Crippen molar-refractivity contribution in [3.05, 3.63) is 71.8 Å². The maximum Gasteiger partial charge on any atom is 0.393 e. The molecule has 2 atom stereocenters. The summed E-state index contributed by atoms with van der Waals surface area (Å²) in [6.45, 7) is 1.46. The minimum absolute atomic E-state index is 0. The molecular weight excluding hydrogens is 500 g/mol. The predicted molar refractivity (Wildman–Crippen MR) is 130 cm³/mol. The van der Waals surface area contributed by atoms with E-state index in [1.165, 1.54) is 7.11 Å². The van der Waals surface area contributed by atoms with E-state index in [1.54, 1.807) is 42.5 Å². The summed E-state index contributed by atoms with van der Waals surface area (Å²) in [6, 6.07) is 11.9. The Morgan fingerprint density at radius 3 is 2.42 bits per heavy atom. The van der Waals surface area contributed by atoms with Crippen LogP contribution in [-0.2, 0) is 11.2 Å². The second kappa shape index (κ2) is 10.8. The van der Waals surface area contributed by atoms with Gasteiger partial charge in [0.2, 0.25) is 5.91 Å². The molecule has 3 aromatic rings. The molecule has 1 saturated heterocycles. The fourth-order valence-electron chi connectivity index (χ4n) is 4.24. The van der Waals surface area contributed by atoms with Crippen LogP contribution in [-0.4, -0.2) is 41.2 Å². The standard InChI is InChI=1S/C25H24F4N4O2.ClH/c1-15-3-6-19(9-21(15)22-30-13-18(26)14-31-22)33-23(34)24(11-17(12-32-24)25(27,28)29)10-16-4-7-20(35-2)8-5-16;/h3-9,13-14,17,32H,10-12H2,1-2H3,(H,33,34);1H/t17-,24+;/m1./s1. The average Bonchev–Trinajstić information content (AvgIpc) is 3.27. The Kier molecular flexibility index (Phi) is 8.20. The van der Waals surface area contributed by atoms with Crippen molar-refractivity contribution in [3.8, 4) is 17.1 Å². The predicted octanol–water partition coefficient (Wildman–Crippen LogP) is 5.11. The number of amides is 1. The van der Waals surface area contributed by atoms with Crippen molar-refractivity contribution in [2.45, 2.75) is 31.5 Å². The monoisotopic (exact) mass is 524 g/mol. The quantitative estimate of drug-likeness (QED) is 0.438. The minimum Gasteiger partial charge on any atom is -0.497 e. The molecule has 11 heteroatoms. The van der Waals surface area contributed by atoms with E-state index in [2.05, 4.69) is 20.6 Å². The van der Waals surface area contributed by atoms with Gasteiger partial charge in [0.1, 0.15) is 11.3 Å². The normalized spacial score (nSPS) is 19.4. The molecule has 0 saturated carbocycles. The summed E-state index contributed by atoms with van der Waals surface area (Å²) in [6.07, 6.45) is -2.68. The highest BCUT2D eigenvalue weighted by Gasteiger charge is 2.53. The molecular formula is C25H25ClF4N4O2. The summed E-state index contributed by atoms with van der Waals surface area (Å²) in [7, 11) is 1.52. The van der Waals surface area contributed by atoms with E-state index in [-0.39, 0.29) is 31.2 Å². The first-order valence-electron chi connectivity index (χ1n) is 10.9. The highest BCUT2D eigenvalue weighted by atomic mass is 35.5. The summed E-state index contributed by atoms with van der Waals surface area (Å²) in [5.74, 6) is -1.93. The molecule has 1 aliphatic heterocycles. The van der Waals surface area contributed by atoms with Crippen molar-refractivity contribution < 1.29 is 27.1 Å². The Hall–Kier alpha value is -3.24. The second-order valence-corrected chi connectivity index (χ2v) is 8.64. The van der Waals surface area contributed by atoms with Crippen molar-refractivity contribution in [1.82, 2.24) is 15.3 Å². The molecule has 0 unspecified atom stereocenters. The van der Waals surface area contributed by atoms with Crippen LogP contribution in [0.4, 0.5) is 23.2 Å². The number of carbonyl (C=O) groups is 1. The third kappa shape index (κ3) is 5.93. The summed E-state index contributed by atoms with van der Waals surface area (Å²) >= 11 is 0. The van der Waals surface area contributed by atoms with E-state index in [1.807, 2.05) is 6.92 Å². The van der Waals surface area contributed by atoms with E-state index < -0.39 is 35.8 Å². The maximum atomic E-state index is 13.5. The number of aromatic nitrogens is 2. The van der Waals surface area contributed by atoms with Crippen LogP contribution < -0.4 is 15.4 Å². The highest BCUT2D eigenvalue weighted by Crippen LogP contribution is 2.39. The van der Waals surface area contributed by atoms with Crippen LogP contribution in [0.5, 0.6) is 5.75 Å². The third-order valence-corrected chi connectivity index (χ3v) is 6.20. The van der Waals surface area contributed by atoms with Gasteiger partial charge in [-0.15, -0.1) is 12.4 Å². The summed E-state index contributed by atoms with van der Waals surface area (Å²) in [4.78, 5) is 21.4. The highest BCUT2D eigenvalue weighted by molar-refractivity contribution is 5.99. The SMILES string of the molecule is COc1ccc(C[C@@]2(C(=O)Nc3ccc(C)c(-c4ncc(F)cn4)c3)C[C@@H](C(F)(F)F)CN2)cc1.Cl. The largest absolute Gasteiger partial charge is 0.497 e. The molecule has 1 aromatic heterocycles. The fourth-order valence-corrected chi connectivity index (χ4v) is 4.24. The van der Waals surface area contributed by atoms with E-state index in [4.69, 9.17) is 4.74 Å². The van der Waals surface area contributed by atoms with Crippen LogP contribution in [0.25, 0.3) is 11.4 Å².